The Hall–Kier alpha value is -2.72. The summed E-state index contributed by atoms with van der Waals surface area (Å²) < 4.78 is 10.3. The Labute approximate surface area is 158 Å². The monoisotopic (exact) mass is 394 g/mol. The van der Waals surface area contributed by atoms with Gasteiger partial charge < -0.3 is 25.4 Å². The zero-order valence-corrected chi connectivity index (χ0v) is 15.1. The predicted octanol–water partition coefficient (Wildman–Crippen LogP) is 0.869. The lowest BCUT2D eigenvalue weighted by molar-refractivity contribution is -0.156. The van der Waals surface area contributed by atoms with Gasteiger partial charge in [0.15, 0.2) is 0 Å². The van der Waals surface area contributed by atoms with E-state index in [0.29, 0.717) is 10.7 Å². The van der Waals surface area contributed by atoms with Crippen LogP contribution in [0, 0.1) is 5.92 Å². The highest BCUT2D eigenvalue weighted by Gasteiger charge is 2.57. The summed E-state index contributed by atoms with van der Waals surface area (Å²) in [7, 11) is 0. The van der Waals surface area contributed by atoms with Crippen molar-refractivity contribution < 1.29 is 34.1 Å². The molecule has 2 heterocycles. The van der Waals surface area contributed by atoms with E-state index < -0.39 is 35.4 Å². The highest BCUT2D eigenvalue weighted by atomic mass is 32.2. The molecule has 2 aliphatic rings. The molecule has 0 unspecified atom stereocenters. The molecular weight excluding hydrogens is 376 g/mol. The number of aliphatic hydroxyl groups is 1. The minimum absolute atomic E-state index is 0.0176. The summed E-state index contributed by atoms with van der Waals surface area (Å²) in [4.78, 5) is 35.9. The fraction of sp³-hybridized carbons (Fsp3) is 0.353. The number of primary amides is 1. The van der Waals surface area contributed by atoms with Gasteiger partial charge in [-0.2, -0.15) is 0 Å². The van der Waals surface area contributed by atoms with Crippen molar-refractivity contribution in [3.63, 3.8) is 0 Å². The molecule has 0 spiro atoms. The Balaban J connectivity index is 1.66. The number of carbonyl (C=O) groups excluding carboxylic acids is 2. The van der Waals surface area contributed by atoms with Crippen molar-refractivity contribution in [2.75, 3.05) is 6.61 Å². The predicted molar refractivity (Wildman–Crippen MR) is 94.4 cm³/mol. The molecule has 10 heteroatoms. The van der Waals surface area contributed by atoms with E-state index in [1.807, 2.05) is 0 Å². The largest absolute Gasteiger partial charge is 0.488 e. The van der Waals surface area contributed by atoms with Gasteiger partial charge in [0.05, 0.1) is 16.9 Å². The SMILES string of the molecule is C[C@@H](O)[C@H]1C(=O)N2C(C(=O)O)=C(COc3ccc(COC(N)=O)cc3)S[C@H]12. The maximum atomic E-state index is 12.1. The summed E-state index contributed by atoms with van der Waals surface area (Å²) in [6.07, 6.45) is -1.71. The molecule has 0 aliphatic carbocycles. The topological polar surface area (TPSA) is 139 Å². The standard InChI is InChI=1S/C17H18N2O7S/c1-8(20)12-14(21)19-13(16(22)23)11(27-15(12)19)7-25-10-4-2-9(3-5-10)6-26-17(18)24/h2-5,8,12,15,20H,6-7H2,1H3,(H2,18,24)(H,22,23)/t8-,12+,15-/m1/s1. The van der Waals surface area contributed by atoms with Crippen LogP contribution in [0.3, 0.4) is 0 Å². The van der Waals surface area contributed by atoms with Crippen LogP contribution in [-0.4, -0.2) is 51.2 Å². The quantitative estimate of drug-likeness (QED) is 0.579. The van der Waals surface area contributed by atoms with E-state index >= 15 is 0 Å². The number of nitrogens with two attached hydrogens (primary N) is 1. The molecule has 1 aromatic carbocycles. The van der Waals surface area contributed by atoms with Gasteiger partial charge in [-0.05, 0) is 24.6 Å². The van der Waals surface area contributed by atoms with Crippen LogP contribution in [0.15, 0.2) is 34.9 Å². The minimum Gasteiger partial charge on any atom is -0.488 e. The molecule has 0 radical (unpaired) electrons. The molecule has 0 saturated carbocycles. The lowest BCUT2D eigenvalue weighted by Crippen LogP contribution is -2.60. The Bertz CT molecular complexity index is 806. The molecule has 0 aromatic heterocycles. The molecule has 0 bridgehead atoms. The summed E-state index contributed by atoms with van der Waals surface area (Å²) in [6, 6.07) is 6.68. The summed E-state index contributed by atoms with van der Waals surface area (Å²) in [5, 5.41) is 18.7. The number of hydrogen-bond donors (Lipinski definition) is 3. The Kier molecular flexibility index (Phi) is 5.29. The highest BCUT2D eigenvalue weighted by molar-refractivity contribution is 8.04. The molecule has 27 heavy (non-hydrogen) atoms. The van der Waals surface area contributed by atoms with Gasteiger partial charge in [0.1, 0.15) is 30.0 Å². The van der Waals surface area contributed by atoms with Crippen LogP contribution >= 0.6 is 11.8 Å². The van der Waals surface area contributed by atoms with Crippen molar-refractivity contribution in [2.24, 2.45) is 11.7 Å². The molecule has 1 fully saturated rings. The molecule has 3 atom stereocenters. The first kappa shape index (κ1) is 19.1. The molecular formula is C17H18N2O7S. The lowest BCUT2D eigenvalue weighted by Gasteiger charge is -2.43. The van der Waals surface area contributed by atoms with E-state index in [-0.39, 0.29) is 18.9 Å². The number of fused-ring (bicyclic) bond motifs is 1. The number of ether oxygens (including phenoxy) is 2. The Morgan fingerprint density at radius 2 is 1.96 bits per heavy atom. The van der Waals surface area contributed by atoms with Gasteiger partial charge in [-0.3, -0.25) is 9.69 Å². The number of carboxylic acids is 1. The molecule has 2 amide bonds. The van der Waals surface area contributed by atoms with E-state index in [1.54, 1.807) is 24.3 Å². The summed E-state index contributed by atoms with van der Waals surface area (Å²) >= 11 is 1.22. The van der Waals surface area contributed by atoms with E-state index in [4.69, 9.17) is 10.5 Å². The second kappa shape index (κ2) is 7.49. The van der Waals surface area contributed by atoms with Crippen LogP contribution < -0.4 is 10.5 Å². The van der Waals surface area contributed by atoms with Gasteiger partial charge in [0, 0.05) is 0 Å². The first-order chi connectivity index (χ1) is 12.8. The maximum Gasteiger partial charge on any atom is 0.404 e. The second-order valence-corrected chi connectivity index (χ2v) is 7.31. The normalized spacial score (nSPS) is 22.1. The molecule has 1 saturated heterocycles. The van der Waals surface area contributed by atoms with Gasteiger partial charge in [-0.25, -0.2) is 9.59 Å². The number of hydrogen-bond acceptors (Lipinski definition) is 7. The zero-order chi connectivity index (χ0) is 19.7. The fourth-order valence-electron chi connectivity index (χ4n) is 2.94. The number of aliphatic hydroxyl groups excluding tert-OH is 1. The summed E-state index contributed by atoms with van der Waals surface area (Å²) in [5.41, 5.74) is 5.53. The molecule has 144 valence electrons. The average molecular weight is 394 g/mol. The smallest absolute Gasteiger partial charge is 0.404 e. The van der Waals surface area contributed by atoms with Crippen LogP contribution in [0.25, 0.3) is 0 Å². The molecule has 2 aliphatic heterocycles. The Morgan fingerprint density at radius 1 is 1.30 bits per heavy atom. The van der Waals surface area contributed by atoms with Crippen molar-refractivity contribution in [2.45, 2.75) is 25.0 Å². The van der Waals surface area contributed by atoms with E-state index in [0.717, 1.165) is 5.56 Å². The third-order valence-corrected chi connectivity index (χ3v) is 5.59. The number of rotatable bonds is 7. The third kappa shape index (κ3) is 3.71. The molecule has 1 aromatic rings. The highest BCUT2D eigenvalue weighted by Crippen LogP contribution is 2.50. The number of thioether (sulfide) groups is 1. The fourth-order valence-corrected chi connectivity index (χ4v) is 4.46. The Morgan fingerprint density at radius 3 is 2.52 bits per heavy atom. The number of carboxylic acid groups (broad SMARTS) is 1. The summed E-state index contributed by atoms with van der Waals surface area (Å²) in [5.74, 6) is -1.73. The van der Waals surface area contributed by atoms with Crippen LogP contribution in [0.1, 0.15) is 12.5 Å². The third-order valence-electron chi connectivity index (χ3n) is 4.25. The average Bonchev–Trinajstić information content (AvgIpc) is 2.93. The number of β-lactam (4-membered cyclic amide) rings is 1. The van der Waals surface area contributed by atoms with Gasteiger partial charge in [-0.1, -0.05) is 23.9 Å². The number of carbonyl (C=O) groups is 3. The van der Waals surface area contributed by atoms with Crippen molar-refractivity contribution in [3.05, 3.63) is 40.4 Å². The van der Waals surface area contributed by atoms with Crippen LogP contribution in [0.2, 0.25) is 0 Å². The maximum absolute atomic E-state index is 12.1. The van der Waals surface area contributed by atoms with Crippen molar-refractivity contribution >= 4 is 29.7 Å². The molecule has 9 nitrogen and oxygen atoms in total. The molecule has 3 rings (SSSR count). The van der Waals surface area contributed by atoms with Crippen molar-refractivity contribution in [1.29, 1.82) is 0 Å². The number of aliphatic carboxylic acids is 1. The minimum atomic E-state index is -1.21. The van der Waals surface area contributed by atoms with E-state index in [2.05, 4.69) is 4.74 Å². The first-order valence-corrected chi connectivity index (χ1v) is 8.95. The van der Waals surface area contributed by atoms with Crippen molar-refractivity contribution in [1.82, 2.24) is 4.90 Å². The second-order valence-electron chi connectivity index (χ2n) is 6.10. The van der Waals surface area contributed by atoms with Gasteiger partial charge in [0.25, 0.3) is 0 Å². The number of nitrogens with zero attached hydrogens (tertiary/aromatic N) is 1. The van der Waals surface area contributed by atoms with Crippen LogP contribution in [-0.2, 0) is 20.9 Å². The lowest BCUT2D eigenvalue weighted by atomic mass is 9.92. The van der Waals surface area contributed by atoms with Gasteiger partial charge >= 0.3 is 12.1 Å². The van der Waals surface area contributed by atoms with Gasteiger partial charge in [-0.15, -0.1) is 0 Å². The van der Waals surface area contributed by atoms with E-state index in [1.165, 1.54) is 23.6 Å². The van der Waals surface area contributed by atoms with Gasteiger partial charge in [0.2, 0.25) is 5.91 Å². The van der Waals surface area contributed by atoms with E-state index in [9.17, 15) is 24.6 Å². The first-order valence-electron chi connectivity index (χ1n) is 8.07. The summed E-state index contributed by atoms with van der Waals surface area (Å²) in [6.45, 7) is 1.54. The number of amides is 2. The molecule has 4 N–H and O–H groups in total. The number of benzene rings is 1. The van der Waals surface area contributed by atoms with Crippen molar-refractivity contribution in [3.8, 4) is 5.75 Å². The van der Waals surface area contributed by atoms with Crippen LogP contribution in [0.5, 0.6) is 5.75 Å². The van der Waals surface area contributed by atoms with Crippen LogP contribution in [0.4, 0.5) is 4.79 Å². The zero-order valence-electron chi connectivity index (χ0n) is 14.3.